The number of carboxylic acids is 1. The smallest absolute Gasteiger partial charge is 0.308 e. The molecular weight excluding hydrogens is 416 g/mol. The second-order valence-corrected chi connectivity index (χ2v) is 9.98. The fourth-order valence-corrected chi connectivity index (χ4v) is 6.17. The van der Waals surface area contributed by atoms with Crippen LogP contribution < -0.4 is 9.47 Å². The quantitative estimate of drug-likeness (QED) is 0.670. The molecule has 0 bridgehead atoms. The number of piperazine rings is 1. The van der Waals surface area contributed by atoms with Crippen molar-refractivity contribution in [2.75, 3.05) is 40.4 Å². The Morgan fingerprint density at radius 1 is 1.10 bits per heavy atom. The van der Waals surface area contributed by atoms with Crippen LogP contribution in [0.25, 0.3) is 0 Å². The van der Waals surface area contributed by atoms with Crippen LogP contribution in [0.5, 0.6) is 11.5 Å². The number of carboxylic acid groups (broad SMARTS) is 1. The summed E-state index contributed by atoms with van der Waals surface area (Å²) in [6.07, 6.45) is -0.170. The highest BCUT2D eigenvalue weighted by atomic mass is 32.2. The minimum atomic E-state index is -3.61. The average Bonchev–Trinajstić information content (AvgIpc) is 3.17. The van der Waals surface area contributed by atoms with E-state index in [-0.39, 0.29) is 10.6 Å². The van der Waals surface area contributed by atoms with E-state index in [9.17, 15) is 13.2 Å². The maximum atomic E-state index is 12.9. The molecule has 1 fully saturated rings. The van der Waals surface area contributed by atoms with Crippen LogP contribution in [-0.2, 0) is 27.8 Å². The van der Waals surface area contributed by atoms with Gasteiger partial charge >= 0.3 is 5.97 Å². The zero-order valence-electron chi connectivity index (χ0n) is 16.3. The van der Waals surface area contributed by atoms with Crippen molar-refractivity contribution in [1.82, 2.24) is 9.21 Å². The van der Waals surface area contributed by atoms with E-state index in [0.717, 1.165) is 28.4 Å². The third kappa shape index (κ3) is 5.08. The van der Waals surface area contributed by atoms with Crippen LogP contribution in [0.1, 0.15) is 10.4 Å². The highest BCUT2D eigenvalue weighted by molar-refractivity contribution is 7.91. The Kier molecular flexibility index (Phi) is 6.78. The van der Waals surface area contributed by atoms with Gasteiger partial charge in [0.15, 0.2) is 0 Å². The van der Waals surface area contributed by atoms with E-state index >= 15 is 0 Å². The number of ether oxygens (including phenoxy) is 2. The molecule has 3 rings (SSSR count). The molecule has 158 valence electrons. The Morgan fingerprint density at radius 3 is 2.45 bits per heavy atom. The third-order valence-corrected chi connectivity index (χ3v) is 8.22. The first-order chi connectivity index (χ1) is 13.8. The summed E-state index contributed by atoms with van der Waals surface area (Å²) in [5.74, 6) is 0.541. The van der Waals surface area contributed by atoms with E-state index in [1.807, 2.05) is 18.2 Å². The van der Waals surface area contributed by atoms with Crippen molar-refractivity contribution in [1.29, 1.82) is 0 Å². The molecule has 1 aromatic carbocycles. The molecule has 1 aromatic heterocycles. The lowest BCUT2D eigenvalue weighted by Crippen LogP contribution is -2.48. The minimum absolute atomic E-state index is 0.170. The maximum Gasteiger partial charge on any atom is 0.308 e. The van der Waals surface area contributed by atoms with Crippen molar-refractivity contribution >= 4 is 27.3 Å². The molecule has 0 atom stereocenters. The lowest BCUT2D eigenvalue weighted by Gasteiger charge is -2.34. The van der Waals surface area contributed by atoms with Crippen LogP contribution >= 0.6 is 11.3 Å². The first-order valence-corrected chi connectivity index (χ1v) is 11.3. The molecule has 0 aliphatic carbocycles. The molecule has 1 saturated heterocycles. The fourth-order valence-electron chi connectivity index (χ4n) is 3.24. The van der Waals surface area contributed by atoms with Crippen LogP contribution in [0.2, 0.25) is 0 Å². The van der Waals surface area contributed by atoms with Crippen LogP contribution in [0.4, 0.5) is 0 Å². The second-order valence-electron chi connectivity index (χ2n) is 6.65. The Hall–Kier alpha value is -2.14. The van der Waals surface area contributed by atoms with E-state index in [0.29, 0.717) is 37.6 Å². The molecule has 1 N–H and O–H groups in total. The van der Waals surface area contributed by atoms with Gasteiger partial charge in [0.25, 0.3) is 10.0 Å². The molecule has 1 aliphatic rings. The Balaban J connectivity index is 1.64. The topological polar surface area (TPSA) is 96.4 Å². The van der Waals surface area contributed by atoms with Crippen LogP contribution in [0, 0.1) is 0 Å². The third-order valence-electron chi connectivity index (χ3n) is 4.77. The predicted molar refractivity (Wildman–Crippen MR) is 109 cm³/mol. The van der Waals surface area contributed by atoms with E-state index in [2.05, 4.69) is 4.90 Å². The molecule has 0 amide bonds. The zero-order valence-corrected chi connectivity index (χ0v) is 18.0. The number of sulfonamides is 1. The molecule has 0 saturated carbocycles. The summed E-state index contributed by atoms with van der Waals surface area (Å²) in [5.41, 5.74) is 0.986. The Morgan fingerprint density at radius 2 is 1.83 bits per heavy atom. The number of aliphatic carboxylic acids is 1. The number of hydrogen-bond donors (Lipinski definition) is 1. The van der Waals surface area contributed by atoms with Gasteiger partial charge in [-0.2, -0.15) is 4.31 Å². The van der Waals surface area contributed by atoms with Crippen LogP contribution in [0.3, 0.4) is 0 Å². The van der Waals surface area contributed by atoms with Crippen molar-refractivity contribution in [3.05, 3.63) is 40.8 Å². The van der Waals surface area contributed by atoms with Gasteiger partial charge in [0.1, 0.15) is 15.7 Å². The number of benzene rings is 1. The van der Waals surface area contributed by atoms with Gasteiger partial charge in [-0.15, -0.1) is 11.3 Å². The van der Waals surface area contributed by atoms with Gasteiger partial charge in [0, 0.05) is 43.2 Å². The fraction of sp³-hybridized carbons (Fsp3) is 0.421. The average molecular weight is 441 g/mol. The van der Waals surface area contributed by atoms with Crippen molar-refractivity contribution < 1.29 is 27.8 Å². The van der Waals surface area contributed by atoms with E-state index in [4.69, 9.17) is 14.6 Å². The van der Waals surface area contributed by atoms with Gasteiger partial charge in [-0.25, -0.2) is 8.42 Å². The number of methoxy groups -OCH3 is 2. The van der Waals surface area contributed by atoms with Gasteiger partial charge in [-0.05, 0) is 30.3 Å². The Labute approximate surface area is 174 Å². The molecule has 29 heavy (non-hydrogen) atoms. The van der Waals surface area contributed by atoms with Crippen molar-refractivity contribution in [3.8, 4) is 11.5 Å². The van der Waals surface area contributed by atoms with Crippen molar-refractivity contribution in [2.45, 2.75) is 17.2 Å². The molecule has 0 unspecified atom stereocenters. The standard InChI is InChI=1S/C19H24N2O6S2/c1-26-15-3-5-17(27-2)14(11-15)13-20-7-9-21(10-8-20)29(24,25)19-6-4-16(28-19)12-18(22)23/h3-6,11H,7-10,12-13H2,1-2H3,(H,22,23). The van der Waals surface area contributed by atoms with Crippen molar-refractivity contribution in [3.63, 3.8) is 0 Å². The summed E-state index contributed by atoms with van der Waals surface area (Å²) >= 11 is 1.02. The lowest BCUT2D eigenvalue weighted by atomic mass is 10.1. The largest absolute Gasteiger partial charge is 0.497 e. The molecule has 10 heteroatoms. The first-order valence-electron chi connectivity index (χ1n) is 9.07. The first kappa shape index (κ1) is 21.6. The molecule has 0 spiro atoms. The number of rotatable bonds is 8. The maximum absolute atomic E-state index is 12.9. The number of thiophene rings is 1. The molecule has 1 aliphatic heterocycles. The highest BCUT2D eigenvalue weighted by Crippen LogP contribution is 2.28. The molecule has 8 nitrogen and oxygen atoms in total. The SMILES string of the molecule is COc1ccc(OC)c(CN2CCN(S(=O)(=O)c3ccc(CC(=O)O)s3)CC2)c1. The summed E-state index contributed by atoms with van der Waals surface area (Å²) in [6, 6.07) is 8.69. The van der Waals surface area contributed by atoms with Crippen molar-refractivity contribution in [2.24, 2.45) is 0 Å². The summed E-state index contributed by atoms with van der Waals surface area (Å²) in [7, 11) is -0.376. The normalized spacial score (nSPS) is 15.9. The molecule has 2 aromatic rings. The summed E-state index contributed by atoms with van der Waals surface area (Å²) in [5, 5.41) is 8.87. The van der Waals surface area contributed by atoms with E-state index in [1.165, 1.54) is 10.4 Å². The minimum Gasteiger partial charge on any atom is -0.497 e. The second kappa shape index (κ2) is 9.12. The van der Waals surface area contributed by atoms with Gasteiger partial charge in [-0.3, -0.25) is 9.69 Å². The van der Waals surface area contributed by atoms with E-state index < -0.39 is 16.0 Å². The highest BCUT2D eigenvalue weighted by Gasteiger charge is 2.30. The summed E-state index contributed by atoms with van der Waals surface area (Å²) in [4.78, 5) is 13.5. The lowest BCUT2D eigenvalue weighted by molar-refractivity contribution is -0.136. The van der Waals surface area contributed by atoms with Crippen LogP contribution in [-0.4, -0.2) is 69.1 Å². The molecule has 0 radical (unpaired) electrons. The predicted octanol–water partition coefficient (Wildman–Crippen LogP) is 1.90. The summed E-state index contributed by atoms with van der Waals surface area (Å²) in [6.45, 7) is 2.57. The van der Waals surface area contributed by atoms with Gasteiger partial charge in [0.05, 0.1) is 20.6 Å². The van der Waals surface area contributed by atoms with Gasteiger partial charge in [0.2, 0.25) is 0 Å². The molecule has 2 heterocycles. The van der Waals surface area contributed by atoms with Gasteiger partial charge < -0.3 is 14.6 Å². The number of nitrogens with zero attached hydrogens (tertiary/aromatic N) is 2. The number of carbonyl (C=O) groups is 1. The van der Waals surface area contributed by atoms with Gasteiger partial charge in [-0.1, -0.05) is 0 Å². The number of hydrogen-bond acceptors (Lipinski definition) is 7. The monoisotopic (exact) mass is 440 g/mol. The summed E-state index contributed by atoms with van der Waals surface area (Å²) < 4.78 is 38.1. The zero-order chi connectivity index (χ0) is 21.0. The molecular formula is C19H24N2O6S2. The van der Waals surface area contributed by atoms with Crippen LogP contribution in [0.15, 0.2) is 34.5 Å². The van der Waals surface area contributed by atoms with E-state index in [1.54, 1.807) is 20.3 Å². The Bertz CT molecular complexity index is 965.